The van der Waals surface area contributed by atoms with Crippen LogP contribution in [0.25, 0.3) is 0 Å². The fraction of sp³-hybridized carbons (Fsp3) is 0.909. The number of ether oxygens (including phenoxy) is 2. The van der Waals surface area contributed by atoms with E-state index in [1.54, 1.807) is 4.90 Å². The normalized spacial score (nSPS) is 23.5. The molecule has 1 atom stereocenters. The minimum Gasteiger partial charge on any atom is -0.444 e. The summed E-state index contributed by atoms with van der Waals surface area (Å²) in [5, 5.41) is 0. The first-order valence-electron chi connectivity index (χ1n) is 5.48. The van der Waals surface area contributed by atoms with Gasteiger partial charge in [-0.2, -0.15) is 0 Å². The van der Waals surface area contributed by atoms with Gasteiger partial charge in [-0.15, -0.1) is 0 Å². The minimum atomic E-state index is -0.421. The van der Waals surface area contributed by atoms with Gasteiger partial charge in [0.2, 0.25) is 0 Å². The van der Waals surface area contributed by atoms with E-state index in [4.69, 9.17) is 9.47 Å². The highest BCUT2D eigenvalue weighted by Crippen LogP contribution is 2.12. The second kappa shape index (κ2) is 4.84. The van der Waals surface area contributed by atoms with Crippen LogP contribution in [0, 0.1) is 0 Å². The molecule has 1 amide bonds. The van der Waals surface area contributed by atoms with E-state index in [9.17, 15) is 4.79 Å². The smallest absolute Gasteiger partial charge is 0.410 e. The van der Waals surface area contributed by atoms with E-state index in [1.165, 1.54) is 0 Å². The molecular weight excluding hydrogens is 194 g/mol. The van der Waals surface area contributed by atoms with Crippen molar-refractivity contribution in [2.24, 2.45) is 0 Å². The van der Waals surface area contributed by atoms with E-state index in [2.05, 4.69) is 0 Å². The van der Waals surface area contributed by atoms with Gasteiger partial charge in [-0.25, -0.2) is 4.79 Å². The Morgan fingerprint density at radius 1 is 1.40 bits per heavy atom. The Bertz CT molecular complexity index is 222. The topological polar surface area (TPSA) is 38.8 Å². The molecule has 0 aliphatic carbocycles. The van der Waals surface area contributed by atoms with Crippen molar-refractivity contribution < 1.29 is 14.3 Å². The zero-order valence-electron chi connectivity index (χ0n) is 10.1. The number of carbonyl (C=O) groups excluding carboxylic acids is 1. The third-order valence-corrected chi connectivity index (χ3v) is 2.22. The van der Waals surface area contributed by atoms with Gasteiger partial charge in [0.15, 0.2) is 0 Å². The standard InChI is InChI=1S/C11H21NO3/c1-9-5-6-12(7-8-14-9)10(13)15-11(2,3)4/h9H,5-8H2,1-4H3. The number of hydrogen-bond acceptors (Lipinski definition) is 3. The van der Waals surface area contributed by atoms with E-state index in [-0.39, 0.29) is 12.2 Å². The highest BCUT2D eigenvalue weighted by atomic mass is 16.6. The molecule has 1 heterocycles. The first kappa shape index (κ1) is 12.3. The van der Waals surface area contributed by atoms with Gasteiger partial charge in [0.05, 0.1) is 12.7 Å². The fourth-order valence-electron chi connectivity index (χ4n) is 1.41. The predicted molar refractivity (Wildman–Crippen MR) is 57.8 cm³/mol. The molecule has 0 N–H and O–H groups in total. The SMILES string of the molecule is CC1CCN(C(=O)OC(C)(C)C)CCO1. The molecule has 4 nitrogen and oxygen atoms in total. The van der Waals surface area contributed by atoms with E-state index < -0.39 is 5.60 Å². The summed E-state index contributed by atoms with van der Waals surface area (Å²) < 4.78 is 10.8. The van der Waals surface area contributed by atoms with Gasteiger partial charge in [0, 0.05) is 13.1 Å². The number of nitrogens with zero attached hydrogens (tertiary/aromatic N) is 1. The number of amides is 1. The van der Waals surface area contributed by atoms with Gasteiger partial charge >= 0.3 is 6.09 Å². The first-order chi connectivity index (χ1) is 6.88. The molecule has 1 fully saturated rings. The molecule has 0 radical (unpaired) electrons. The minimum absolute atomic E-state index is 0.234. The molecule has 88 valence electrons. The second-order valence-electron chi connectivity index (χ2n) is 4.94. The van der Waals surface area contributed by atoms with Crippen molar-refractivity contribution in [3.8, 4) is 0 Å². The van der Waals surface area contributed by atoms with Crippen molar-refractivity contribution in [2.45, 2.75) is 45.8 Å². The van der Waals surface area contributed by atoms with Crippen LogP contribution in [0.1, 0.15) is 34.1 Å². The highest BCUT2D eigenvalue weighted by molar-refractivity contribution is 5.68. The molecular formula is C11H21NO3. The van der Waals surface area contributed by atoms with Gasteiger partial charge in [0.25, 0.3) is 0 Å². The quantitative estimate of drug-likeness (QED) is 0.620. The summed E-state index contributed by atoms with van der Waals surface area (Å²) in [6, 6.07) is 0. The Morgan fingerprint density at radius 2 is 2.07 bits per heavy atom. The lowest BCUT2D eigenvalue weighted by molar-refractivity contribution is 0.0235. The molecule has 15 heavy (non-hydrogen) atoms. The van der Waals surface area contributed by atoms with Crippen LogP contribution < -0.4 is 0 Å². The van der Waals surface area contributed by atoms with Crippen LogP contribution in [0.5, 0.6) is 0 Å². The average Bonchev–Trinajstić information content (AvgIpc) is 2.26. The van der Waals surface area contributed by atoms with Gasteiger partial charge in [-0.05, 0) is 34.1 Å². The van der Waals surface area contributed by atoms with Crippen LogP contribution in [-0.2, 0) is 9.47 Å². The maximum absolute atomic E-state index is 11.7. The molecule has 0 bridgehead atoms. The Balaban J connectivity index is 2.45. The largest absolute Gasteiger partial charge is 0.444 e. The van der Waals surface area contributed by atoms with Gasteiger partial charge < -0.3 is 14.4 Å². The number of carbonyl (C=O) groups is 1. The van der Waals surface area contributed by atoms with Crippen LogP contribution in [-0.4, -0.2) is 42.4 Å². The Labute approximate surface area is 91.5 Å². The van der Waals surface area contributed by atoms with Crippen molar-refractivity contribution in [3.63, 3.8) is 0 Å². The van der Waals surface area contributed by atoms with Crippen LogP contribution in [0.3, 0.4) is 0 Å². The lowest BCUT2D eigenvalue weighted by atomic mass is 10.2. The molecule has 0 aromatic carbocycles. The van der Waals surface area contributed by atoms with Crippen molar-refractivity contribution in [2.75, 3.05) is 19.7 Å². The molecule has 0 aromatic rings. The van der Waals surface area contributed by atoms with Crippen molar-refractivity contribution in [1.29, 1.82) is 0 Å². The molecule has 0 spiro atoms. The molecule has 1 unspecified atom stereocenters. The van der Waals surface area contributed by atoms with E-state index in [0.29, 0.717) is 13.2 Å². The Hall–Kier alpha value is -0.770. The van der Waals surface area contributed by atoms with Gasteiger partial charge in [-0.1, -0.05) is 0 Å². The van der Waals surface area contributed by atoms with Crippen LogP contribution in [0.2, 0.25) is 0 Å². The summed E-state index contributed by atoms with van der Waals surface area (Å²) in [4.78, 5) is 13.4. The predicted octanol–water partition coefficient (Wildman–Crippen LogP) is 2.03. The van der Waals surface area contributed by atoms with Crippen molar-refractivity contribution in [3.05, 3.63) is 0 Å². The van der Waals surface area contributed by atoms with E-state index in [0.717, 1.165) is 13.0 Å². The van der Waals surface area contributed by atoms with Gasteiger partial charge in [-0.3, -0.25) is 0 Å². The molecule has 1 aliphatic heterocycles. The van der Waals surface area contributed by atoms with Crippen molar-refractivity contribution in [1.82, 2.24) is 4.90 Å². The maximum atomic E-state index is 11.7. The average molecular weight is 215 g/mol. The van der Waals surface area contributed by atoms with Crippen LogP contribution in [0.4, 0.5) is 4.79 Å². The summed E-state index contributed by atoms with van der Waals surface area (Å²) in [6.07, 6.45) is 0.872. The first-order valence-corrected chi connectivity index (χ1v) is 5.48. The molecule has 1 rings (SSSR count). The summed E-state index contributed by atoms with van der Waals surface area (Å²) in [6.45, 7) is 9.60. The van der Waals surface area contributed by atoms with Gasteiger partial charge in [0.1, 0.15) is 5.60 Å². The summed E-state index contributed by atoms with van der Waals surface area (Å²) in [5.41, 5.74) is -0.421. The highest BCUT2D eigenvalue weighted by Gasteiger charge is 2.24. The van der Waals surface area contributed by atoms with Crippen molar-refractivity contribution >= 4 is 6.09 Å². The monoisotopic (exact) mass is 215 g/mol. The maximum Gasteiger partial charge on any atom is 0.410 e. The molecule has 4 heteroatoms. The van der Waals surface area contributed by atoms with Crippen LogP contribution >= 0.6 is 0 Å². The molecule has 1 saturated heterocycles. The molecule has 0 aromatic heterocycles. The summed E-state index contributed by atoms with van der Waals surface area (Å²) in [5.74, 6) is 0. The number of hydrogen-bond donors (Lipinski definition) is 0. The van der Waals surface area contributed by atoms with E-state index >= 15 is 0 Å². The number of rotatable bonds is 0. The molecule has 0 saturated carbocycles. The Morgan fingerprint density at radius 3 is 2.67 bits per heavy atom. The molecule has 1 aliphatic rings. The zero-order valence-corrected chi connectivity index (χ0v) is 10.1. The zero-order chi connectivity index (χ0) is 11.5. The summed E-state index contributed by atoms with van der Waals surface area (Å²) >= 11 is 0. The lowest BCUT2D eigenvalue weighted by Crippen LogP contribution is -2.38. The summed E-state index contributed by atoms with van der Waals surface area (Å²) in [7, 11) is 0. The van der Waals surface area contributed by atoms with E-state index in [1.807, 2.05) is 27.7 Å². The third kappa shape index (κ3) is 4.51. The van der Waals surface area contributed by atoms with Crippen LogP contribution in [0.15, 0.2) is 0 Å². The second-order valence-corrected chi connectivity index (χ2v) is 4.94. The third-order valence-electron chi connectivity index (χ3n) is 2.22. The lowest BCUT2D eigenvalue weighted by Gasteiger charge is -2.25. The fourth-order valence-corrected chi connectivity index (χ4v) is 1.41. The Kier molecular flexibility index (Phi) is 3.97.